The molecule has 1 aromatic heterocycles. The topological polar surface area (TPSA) is 46.6 Å². The van der Waals surface area contributed by atoms with Crippen molar-refractivity contribution < 1.29 is 22.6 Å². The second-order valence-corrected chi connectivity index (χ2v) is 9.18. The van der Waals surface area contributed by atoms with Gasteiger partial charge in [-0.2, -0.15) is 0 Å². The van der Waals surface area contributed by atoms with E-state index in [-0.39, 0.29) is 5.75 Å². The second-order valence-electron chi connectivity index (χ2n) is 8.74. The number of pyridine rings is 1. The molecular formula is C28H29ClF3N3O2. The first kappa shape index (κ1) is 26.8. The van der Waals surface area contributed by atoms with Gasteiger partial charge in [0.2, 0.25) is 0 Å². The van der Waals surface area contributed by atoms with E-state index in [2.05, 4.69) is 21.9 Å². The first-order valence-corrected chi connectivity index (χ1v) is 12.5. The molecule has 5 nitrogen and oxygen atoms in total. The molecule has 0 unspecified atom stereocenters. The lowest BCUT2D eigenvalue weighted by molar-refractivity contribution is -0.275. The summed E-state index contributed by atoms with van der Waals surface area (Å²) < 4.78 is 48.2. The van der Waals surface area contributed by atoms with Gasteiger partial charge in [-0.15, -0.1) is 13.2 Å². The molecule has 0 spiro atoms. The van der Waals surface area contributed by atoms with Crippen molar-refractivity contribution in [2.45, 2.75) is 32.7 Å². The largest absolute Gasteiger partial charge is 0.573 e. The first-order chi connectivity index (χ1) is 17.8. The van der Waals surface area contributed by atoms with E-state index in [1.807, 2.05) is 36.4 Å². The van der Waals surface area contributed by atoms with Crippen LogP contribution in [0.25, 0.3) is 21.8 Å². The van der Waals surface area contributed by atoms with Crippen LogP contribution < -0.4 is 14.8 Å². The zero-order chi connectivity index (χ0) is 26.4. The Bertz CT molecular complexity index is 1360. The van der Waals surface area contributed by atoms with Crippen LogP contribution in [0.5, 0.6) is 11.5 Å². The molecule has 1 N–H and O–H groups in total. The van der Waals surface area contributed by atoms with Crippen LogP contribution in [0, 0.1) is 0 Å². The number of para-hydroxylation sites is 1. The normalized spacial score (nSPS) is 11.9. The lowest BCUT2D eigenvalue weighted by Crippen LogP contribution is -2.27. The Hall–Kier alpha value is -3.23. The Morgan fingerprint density at radius 1 is 0.973 bits per heavy atom. The minimum Gasteiger partial charge on any atom is -0.497 e. The number of hydrogen-bond donors (Lipinski definition) is 1. The summed E-state index contributed by atoms with van der Waals surface area (Å²) in [4.78, 5) is 6.90. The lowest BCUT2D eigenvalue weighted by Gasteiger charge is -2.24. The van der Waals surface area contributed by atoms with Gasteiger partial charge in [-0.3, -0.25) is 4.90 Å². The maximum absolute atomic E-state index is 12.8. The molecule has 3 aromatic carbocycles. The van der Waals surface area contributed by atoms with Gasteiger partial charge in [0.25, 0.3) is 0 Å². The summed E-state index contributed by atoms with van der Waals surface area (Å²) in [7, 11) is 1.63. The predicted octanol–water partition coefficient (Wildman–Crippen LogP) is 7.66. The van der Waals surface area contributed by atoms with Gasteiger partial charge < -0.3 is 14.8 Å². The van der Waals surface area contributed by atoms with Crippen LogP contribution >= 0.6 is 11.6 Å². The molecule has 0 aliphatic heterocycles. The number of fused-ring (bicyclic) bond motifs is 2. The number of benzene rings is 3. The molecule has 1 heterocycles. The number of ether oxygens (including phenoxy) is 2. The fourth-order valence-electron chi connectivity index (χ4n) is 4.42. The molecule has 196 valence electrons. The van der Waals surface area contributed by atoms with Gasteiger partial charge in [-0.1, -0.05) is 36.7 Å². The van der Waals surface area contributed by atoms with Crippen molar-refractivity contribution in [3.05, 3.63) is 71.2 Å². The van der Waals surface area contributed by atoms with Crippen LogP contribution in [0.4, 0.5) is 18.9 Å². The van der Waals surface area contributed by atoms with E-state index in [1.165, 1.54) is 6.07 Å². The smallest absolute Gasteiger partial charge is 0.497 e. The standard InChI is InChI=1S/C28H29ClF3N3O2/c1-3-14-35(18-19-7-4-5-8-26(19)37-28(30,31)32)15-6-13-33-27-22-11-9-20(29)16-25(22)34-24-12-10-21(36-2)17-23(24)27/h4-5,7-12,16-17H,3,6,13-15,18H2,1-2H3,(H,33,34). The number of alkyl halides is 3. The van der Waals surface area contributed by atoms with Gasteiger partial charge in [0.05, 0.1) is 23.8 Å². The Morgan fingerprint density at radius 3 is 2.54 bits per heavy atom. The first-order valence-electron chi connectivity index (χ1n) is 12.1. The number of halogens is 4. The minimum absolute atomic E-state index is 0.156. The third-order valence-electron chi connectivity index (χ3n) is 6.03. The van der Waals surface area contributed by atoms with E-state index in [0.717, 1.165) is 52.6 Å². The summed E-state index contributed by atoms with van der Waals surface area (Å²) in [5.41, 5.74) is 3.08. The average Bonchev–Trinajstić information content (AvgIpc) is 2.86. The number of aromatic nitrogens is 1. The van der Waals surface area contributed by atoms with E-state index >= 15 is 0 Å². The fourth-order valence-corrected chi connectivity index (χ4v) is 4.58. The lowest BCUT2D eigenvalue weighted by atomic mass is 10.1. The number of anilines is 1. The van der Waals surface area contributed by atoms with Gasteiger partial charge in [0.1, 0.15) is 11.5 Å². The molecule has 0 aliphatic carbocycles. The van der Waals surface area contributed by atoms with E-state index in [1.54, 1.807) is 25.3 Å². The number of hydrogen-bond acceptors (Lipinski definition) is 5. The summed E-state index contributed by atoms with van der Waals surface area (Å²) in [6, 6.07) is 17.7. The van der Waals surface area contributed by atoms with Gasteiger partial charge >= 0.3 is 6.36 Å². The molecule has 0 fully saturated rings. The number of nitrogens with one attached hydrogen (secondary N) is 1. The molecule has 0 saturated heterocycles. The summed E-state index contributed by atoms with van der Waals surface area (Å²) in [5.74, 6) is 0.580. The highest BCUT2D eigenvalue weighted by Gasteiger charge is 2.32. The molecule has 0 aliphatic rings. The summed E-state index contributed by atoms with van der Waals surface area (Å²) in [6.45, 7) is 4.55. The van der Waals surface area contributed by atoms with Gasteiger partial charge in [0.15, 0.2) is 0 Å². The Morgan fingerprint density at radius 2 is 1.78 bits per heavy atom. The van der Waals surface area contributed by atoms with Crippen LogP contribution in [-0.2, 0) is 6.54 Å². The quantitative estimate of drug-likeness (QED) is 0.159. The highest BCUT2D eigenvalue weighted by Crippen LogP contribution is 2.34. The van der Waals surface area contributed by atoms with Crippen molar-refractivity contribution in [2.24, 2.45) is 0 Å². The third-order valence-corrected chi connectivity index (χ3v) is 6.26. The summed E-state index contributed by atoms with van der Waals surface area (Å²) in [6.07, 6.45) is -3.06. The molecule has 0 bridgehead atoms. The second kappa shape index (κ2) is 11.9. The van der Waals surface area contributed by atoms with Crippen molar-refractivity contribution in [1.29, 1.82) is 0 Å². The fraction of sp³-hybridized carbons (Fsp3) is 0.321. The van der Waals surface area contributed by atoms with E-state index in [9.17, 15) is 13.2 Å². The van der Waals surface area contributed by atoms with Crippen molar-refractivity contribution in [3.8, 4) is 11.5 Å². The molecular weight excluding hydrogens is 503 g/mol. The third kappa shape index (κ3) is 6.96. The van der Waals surface area contributed by atoms with Crippen molar-refractivity contribution in [2.75, 3.05) is 32.1 Å². The molecule has 0 atom stereocenters. The molecule has 4 rings (SSSR count). The maximum atomic E-state index is 12.8. The Kier molecular flexibility index (Phi) is 8.61. The van der Waals surface area contributed by atoms with Crippen LogP contribution in [0.15, 0.2) is 60.7 Å². The highest BCUT2D eigenvalue weighted by atomic mass is 35.5. The summed E-state index contributed by atoms with van der Waals surface area (Å²) >= 11 is 6.22. The van der Waals surface area contributed by atoms with Gasteiger partial charge in [-0.05, 0) is 61.9 Å². The number of rotatable bonds is 11. The zero-order valence-electron chi connectivity index (χ0n) is 20.7. The van der Waals surface area contributed by atoms with Crippen molar-refractivity contribution in [1.82, 2.24) is 9.88 Å². The Labute approximate surface area is 219 Å². The zero-order valence-corrected chi connectivity index (χ0v) is 21.5. The van der Waals surface area contributed by atoms with E-state index < -0.39 is 6.36 Å². The van der Waals surface area contributed by atoms with Crippen LogP contribution in [0.3, 0.4) is 0 Å². The molecule has 0 amide bonds. The Balaban J connectivity index is 1.49. The number of methoxy groups -OCH3 is 1. The van der Waals surface area contributed by atoms with Gasteiger partial charge in [0, 0.05) is 41.0 Å². The molecule has 0 radical (unpaired) electrons. The van der Waals surface area contributed by atoms with Crippen molar-refractivity contribution >= 4 is 39.1 Å². The monoisotopic (exact) mass is 531 g/mol. The van der Waals surface area contributed by atoms with E-state index in [4.69, 9.17) is 21.3 Å². The van der Waals surface area contributed by atoms with Crippen LogP contribution in [0.1, 0.15) is 25.3 Å². The average molecular weight is 532 g/mol. The molecule has 37 heavy (non-hydrogen) atoms. The van der Waals surface area contributed by atoms with Crippen molar-refractivity contribution in [3.63, 3.8) is 0 Å². The highest BCUT2D eigenvalue weighted by molar-refractivity contribution is 6.31. The number of nitrogens with zero attached hydrogens (tertiary/aromatic N) is 2. The predicted molar refractivity (Wildman–Crippen MR) is 143 cm³/mol. The van der Waals surface area contributed by atoms with Crippen LogP contribution in [-0.4, -0.2) is 43.0 Å². The minimum atomic E-state index is -4.72. The van der Waals surface area contributed by atoms with Crippen LogP contribution in [0.2, 0.25) is 5.02 Å². The molecule has 9 heteroatoms. The summed E-state index contributed by atoms with van der Waals surface area (Å²) in [5, 5.41) is 6.08. The SMILES string of the molecule is CCCN(CCCNc1c2ccc(Cl)cc2nc2ccc(OC)cc12)Cc1ccccc1OC(F)(F)F. The molecule has 0 saturated carbocycles. The van der Waals surface area contributed by atoms with E-state index in [0.29, 0.717) is 30.2 Å². The van der Waals surface area contributed by atoms with Gasteiger partial charge in [-0.25, -0.2) is 4.98 Å². The maximum Gasteiger partial charge on any atom is 0.573 e. The molecule has 4 aromatic rings.